The van der Waals surface area contributed by atoms with E-state index in [1.54, 1.807) is 36.4 Å². The molecular weight excluding hydrogens is 422 g/mol. The van der Waals surface area contributed by atoms with E-state index in [1.807, 2.05) is 39.0 Å². The van der Waals surface area contributed by atoms with Crippen LogP contribution in [0.25, 0.3) is 11.0 Å². The van der Waals surface area contributed by atoms with Gasteiger partial charge in [-0.3, -0.25) is 9.59 Å². The van der Waals surface area contributed by atoms with Crippen LogP contribution in [0.3, 0.4) is 0 Å². The van der Waals surface area contributed by atoms with Crippen molar-refractivity contribution in [2.24, 2.45) is 0 Å². The van der Waals surface area contributed by atoms with Gasteiger partial charge in [0, 0.05) is 11.9 Å². The van der Waals surface area contributed by atoms with Crippen molar-refractivity contribution < 1.29 is 28.6 Å². The molecule has 0 radical (unpaired) electrons. The van der Waals surface area contributed by atoms with Gasteiger partial charge in [-0.1, -0.05) is 30.3 Å². The standard InChI is InChI=1S/C26H27NO6/c1-4-31-19-11-9-17(10-12-19)23-22(25(29)26(30)27(23)13-14-32-16(2)3)24(28)21-15-18-7-5-6-8-20(18)33-21/h5-12,15-16,23,29H,4,13-14H2,1-3H3. The van der Waals surface area contributed by atoms with Crippen LogP contribution in [0.1, 0.15) is 42.9 Å². The lowest BCUT2D eigenvalue weighted by molar-refractivity contribution is -0.130. The molecule has 0 saturated carbocycles. The van der Waals surface area contributed by atoms with E-state index in [2.05, 4.69) is 0 Å². The van der Waals surface area contributed by atoms with Gasteiger partial charge in [-0.2, -0.15) is 0 Å². The summed E-state index contributed by atoms with van der Waals surface area (Å²) in [6.07, 6.45) is -0.00941. The third-order valence-corrected chi connectivity index (χ3v) is 5.49. The number of aliphatic hydroxyl groups is 1. The number of ketones is 1. The average Bonchev–Trinajstić information content (AvgIpc) is 3.34. The molecule has 0 fully saturated rings. The van der Waals surface area contributed by atoms with Crippen molar-refractivity contribution in [1.29, 1.82) is 0 Å². The lowest BCUT2D eigenvalue weighted by Gasteiger charge is -2.27. The normalized spacial score (nSPS) is 16.3. The molecule has 1 amide bonds. The second-order valence-corrected chi connectivity index (χ2v) is 8.06. The Hall–Kier alpha value is -3.58. The molecule has 7 heteroatoms. The van der Waals surface area contributed by atoms with Crippen molar-refractivity contribution in [2.45, 2.75) is 32.9 Å². The molecule has 3 aromatic rings. The van der Waals surface area contributed by atoms with Crippen molar-refractivity contribution in [3.05, 3.63) is 77.3 Å². The molecule has 1 aliphatic heterocycles. The molecule has 1 unspecified atom stereocenters. The van der Waals surface area contributed by atoms with E-state index >= 15 is 0 Å². The van der Waals surface area contributed by atoms with E-state index in [1.165, 1.54) is 4.90 Å². The number of hydrogen-bond donors (Lipinski definition) is 1. The highest BCUT2D eigenvalue weighted by atomic mass is 16.5. The molecule has 1 aliphatic rings. The Morgan fingerprint density at radius 2 is 1.88 bits per heavy atom. The van der Waals surface area contributed by atoms with Crippen molar-refractivity contribution >= 4 is 22.7 Å². The van der Waals surface area contributed by atoms with E-state index in [-0.39, 0.29) is 30.6 Å². The van der Waals surface area contributed by atoms with Crippen LogP contribution in [0.5, 0.6) is 5.75 Å². The predicted molar refractivity (Wildman–Crippen MR) is 123 cm³/mol. The zero-order valence-electron chi connectivity index (χ0n) is 18.9. The average molecular weight is 450 g/mol. The first-order valence-electron chi connectivity index (χ1n) is 11.0. The molecule has 2 aromatic carbocycles. The number of para-hydroxylation sites is 1. The van der Waals surface area contributed by atoms with Crippen LogP contribution in [0.4, 0.5) is 0 Å². The van der Waals surface area contributed by atoms with Crippen LogP contribution < -0.4 is 4.74 Å². The maximum Gasteiger partial charge on any atom is 0.290 e. The van der Waals surface area contributed by atoms with Gasteiger partial charge in [0.1, 0.15) is 11.3 Å². The molecular formula is C26H27NO6. The van der Waals surface area contributed by atoms with E-state index in [0.717, 1.165) is 5.39 Å². The topological polar surface area (TPSA) is 89.2 Å². The van der Waals surface area contributed by atoms with Crippen LogP contribution in [-0.4, -0.2) is 47.6 Å². The first-order valence-corrected chi connectivity index (χ1v) is 11.0. The van der Waals surface area contributed by atoms with Gasteiger partial charge in [0.15, 0.2) is 11.5 Å². The first-order chi connectivity index (χ1) is 15.9. The van der Waals surface area contributed by atoms with Gasteiger partial charge in [0.25, 0.3) is 5.91 Å². The number of amides is 1. The summed E-state index contributed by atoms with van der Waals surface area (Å²) >= 11 is 0. The Labute approximate surface area is 192 Å². The molecule has 4 rings (SSSR count). The molecule has 2 heterocycles. The van der Waals surface area contributed by atoms with Crippen molar-refractivity contribution in [3.8, 4) is 5.75 Å². The van der Waals surface area contributed by atoms with Gasteiger partial charge in [0.2, 0.25) is 5.78 Å². The summed E-state index contributed by atoms with van der Waals surface area (Å²) in [6.45, 7) is 6.72. The zero-order chi connectivity index (χ0) is 23.5. The predicted octanol–water partition coefficient (Wildman–Crippen LogP) is 4.83. The number of carbonyl (C=O) groups is 2. The maximum atomic E-state index is 13.5. The Bertz CT molecular complexity index is 1160. The fourth-order valence-electron chi connectivity index (χ4n) is 3.99. The number of hydrogen-bond acceptors (Lipinski definition) is 6. The highest BCUT2D eigenvalue weighted by Gasteiger charge is 2.44. The number of benzene rings is 2. The summed E-state index contributed by atoms with van der Waals surface area (Å²) in [6, 6.07) is 15.3. The minimum absolute atomic E-state index is 0.00670. The highest BCUT2D eigenvalue weighted by Crippen LogP contribution is 2.40. The number of ether oxygens (including phenoxy) is 2. The fourth-order valence-corrected chi connectivity index (χ4v) is 3.99. The minimum atomic E-state index is -0.773. The number of rotatable bonds is 9. The monoisotopic (exact) mass is 449 g/mol. The van der Waals surface area contributed by atoms with Crippen molar-refractivity contribution in [2.75, 3.05) is 19.8 Å². The van der Waals surface area contributed by atoms with Crippen LogP contribution in [0.2, 0.25) is 0 Å². The summed E-state index contributed by atoms with van der Waals surface area (Å²) < 4.78 is 16.9. The largest absolute Gasteiger partial charge is 0.503 e. The molecule has 1 aromatic heterocycles. The summed E-state index contributed by atoms with van der Waals surface area (Å²) in [5.41, 5.74) is 1.23. The number of furan rings is 1. The third-order valence-electron chi connectivity index (χ3n) is 5.49. The second kappa shape index (κ2) is 9.50. The molecule has 172 valence electrons. The number of aliphatic hydroxyl groups excluding tert-OH is 1. The molecule has 0 bridgehead atoms. The molecule has 33 heavy (non-hydrogen) atoms. The Morgan fingerprint density at radius 3 is 2.55 bits per heavy atom. The lowest BCUT2D eigenvalue weighted by Crippen LogP contribution is -2.34. The third kappa shape index (κ3) is 4.50. The molecule has 0 saturated heterocycles. The van der Waals surface area contributed by atoms with Gasteiger partial charge in [-0.25, -0.2) is 0 Å². The number of nitrogens with zero attached hydrogens (tertiary/aromatic N) is 1. The van der Waals surface area contributed by atoms with Crippen LogP contribution >= 0.6 is 0 Å². The molecule has 7 nitrogen and oxygen atoms in total. The van der Waals surface area contributed by atoms with Gasteiger partial charge in [-0.15, -0.1) is 0 Å². The Kier molecular flexibility index (Phi) is 6.51. The number of Topliss-reactive ketones (excluding diaryl/α,β-unsaturated/α-hetero) is 1. The van der Waals surface area contributed by atoms with Crippen LogP contribution in [-0.2, 0) is 9.53 Å². The smallest absolute Gasteiger partial charge is 0.290 e. The summed E-state index contributed by atoms with van der Waals surface area (Å²) in [5.74, 6) is -0.951. The molecule has 0 aliphatic carbocycles. The number of carbonyl (C=O) groups excluding carboxylic acids is 2. The number of fused-ring (bicyclic) bond motifs is 1. The molecule has 1 N–H and O–H groups in total. The summed E-state index contributed by atoms with van der Waals surface area (Å²) in [5, 5.41) is 11.5. The van der Waals surface area contributed by atoms with E-state index in [9.17, 15) is 14.7 Å². The lowest BCUT2D eigenvalue weighted by atomic mass is 9.95. The SMILES string of the molecule is CCOc1ccc(C2C(C(=O)c3cc4ccccc4o3)=C(O)C(=O)N2CCOC(C)C)cc1. The van der Waals surface area contributed by atoms with Gasteiger partial charge in [0.05, 0.1) is 30.9 Å². The van der Waals surface area contributed by atoms with Crippen LogP contribution in [0.15, 0.2) is 70.3 Å². The highest BCUT2D eigenvalue weighted by molar-refractivity contribution is 6.16. The first kappa shape index (κ1) is 22.6. The molecule has 1 atom stereocenters. The Balaban J connectivity index is 1.72. The molecule has 0 spiro atoms. The summed E-state index contributed by atoms with van der Waals surface area (Å²) in [4.78, 5) is 28.0. The van der Waals surface area contributed by atoms with Crippen molar-refractivity contribution in [1.82, 2.24) is 4.90 Å². The van der Waals surface area contributed by atoms with Gasteiger partial charge >= 0.3 is 0 Å². The van der Waals surface area contributed by atoms with Crippen LogP contribution in [0, 0.1) is 0 Å². The van der Waals surface area contributed by atoms with E-state index in [4.69, 9.17) is 13.9 Å². The van der Waals surface area contributed by atoms with E-state index in [0.29, 0.717) is 23.5 Å². The maximum absolute atomic E-state index is 13.5. The van der Waals surface area contributed by atoms with E-state index < -0.39 is 23.5 Å². The fraction of sp³-hybridized carbons (Fsp3) is 0.308. The van der Waals surface area contributed by atoms with Gasteiger partial charge in [-0.05, 0) is 50.6 Å². The second-order valence-electron chi connectivity index (χ2n) is 8.06. The zero-order valence-corrected chi connectivity index (χ0v) is 18.9. The quantitative estimate of drug-likeness (QED) is 0.471. The summed E-state index contributed by atoms with van der Waals surface area (Å²) in [7, 11) is 0. The minimum Gasteiger partial charge on any atom is -0.503 e. The Morgan fingerprint density at radius 1 is 1.15 bits per heavy atom. The van der Waals surface area contributed by atoms with Gasteiger partial charge < -0.3 is 23.9 Å². The van der Waals surface area contributed by atoms with Crippen molar-refractivity contribution in [3.63, 3.8) is 0 Å².